The van der Waals surface area contributed by atoms with E-state index in [2.05, 4.69) is 19.4 Å². The molecule has 0 aliphatic carbocycles. The van der Waals surface area contributed by atoms with Gasteiger partial charge in [0.2, 0.25) is 0 Å². The van der Waals surface area contributed by atoms with Gasteiger partial charge in [-0.1, -0.05) is 97.2 Å². The van der Waals surface area contributed by atoms with Gasteiger partial charge in [-0.25, -0.2) is 15.0 Å². The summed E-state index contributed by atoms with van der Waals surface area (Å²) in [7, 11) is 2.07. The minimum absolute atomic E-state index is 0.681. The van der Waals surface area contributed by atoms with E-state index >= 15 is 0 Å². The van der Waals surface area contributed by atoms with Crippen LogP contribution < -0.4 is 5.46 Å². The maximum absolute atomic E-state index is 4.72. The summed E-state index contributed by atoms with van der Waals surface area (Å²) in [6.07, 6.45) is 0. The Morgan fingerprint density at radius 3 is 1.27 bits per heavy atom. The Hall–Kier alpha value is -3.27. The summed E-state index contributed by atoms with van der Waals surface area (Å²) in [5.74, 6) is 2.04. The average Bonchev–Trinajstić information content (AvgIpc) is 2.75. The van der Waals surface area contributed by atoms with Crippen LogP contribution in [0.15, 0.2) is 84.9 Å². The molecule has 1 aromatic heterocycles. The summed E-state index contributed by atoms with van der Waals surface area (Å²) in [6.45, 7) is 2.03. The Kier molecular flexibility index (Phi) is 4.56. The molecule has 0 aliphatic rings. The molecule has 3 aromatic carbocycles. The fourth-order valence-corrected chi connectivity index (χ4v) is 2.76. The van der Waals surface area contributed by atoms with Gasteiger partial charge in [-0.15, -0.1) is 0 Å². The first kappa shape index (κ1) is 16.2. The van der Waals surface area contributed by atoms with E-state index in [1.54, 1.807) is 0 Å². The van der Waals surface area contributed by atoms with Crippen LogP contribution in [0, 0.1) is 0 Å². The van der Waals surface area contributed by atoms with Gasteiger partial charge in [0.25, 0.3) is 0 Å². The fourth-order valence-electron chi connectivity index (χ4n) is 2.76. The van der Waals surface area contributed by atoms with Crippen molar-refractivity contribution in [1.82, 2.24) is 15.0 Å². The maximum Gasteiger partial charge on any atom is 0.164 e. The molecule has 26 heavy (non-hydrogen) atoms. The molecule has 3 nitrogen and oxygen atoms in total. The van der Waals surface area contributed by atoms with Gasteiger partial charge in [-0.2, -0.15) is 0 Å². The van der Waals surface area contributed by atoms with Crippen molar-refractivity contribution in [3.05, 3.63) is 84.9 Å². The van der Waals surface area contributed by atoms with Crippen LogP contribution in [0.1, 0.15) is 0 Å². The van der Waals surface area contributed by atoms with Gasteiger partial charge >= 0.3 is 0 Å². The Labute approximate surface area is 154 Å². The Morgan fingerprint density at radius 2 is 0.885 bits per heavy atom. The lowest BCUT2D eigenvalue weighted by Gasteiger charge is -2.08. The second-order valence-corrected chi connectivity index (χ2v) is 5.95. The van der Waals surface area contributed by atoms with Crippen LogP contribution in [0.5, 0.6) is 0 Å². The molecule has 123 valence electrons. The van der Waals surface area contributed by atoms with Crippen LogP contribution in [-0.4, -0.2) is 22.2 Å². The monoisotopic (exact) mass is 334 g/mol. The van der Waals surface area contributed by atoms with Crippen molar-refractivity contribution in [3.8, 4) is 34.2 Å². The third kappa shape index (κ3) is 3.40. The zero-order valence-corrected chi connectivity index (χ0v) is 14.5. The van der Waals surface area contributed by atoms with Crippen LogP contribution >= 0.6 is 0 Å². The van der Waals surface area contributed by atoms with E-state index in [4.69, 9.17) is 15.0 Å². The van der Waals surface area contributed by atoms with E-state index in [9.17, 15) is 0 Å². The molecule has 0 atom stereocenters. The summed E-state index contributed by atoms with van der Waals surface area (Å²) in [5.41, 5.74) is 4.11. The van der Waals surface area contributed by atoms with Gasteiger partial charge in [0.1, 0.15) is 7.28 Å². The predicted molar refractivity (Wildman–Crippen MR) is 107 cm³/mol. The molecule has 1 radical (unpaired) electrons. The molecule has 4 aromatic rings. The summed E-state index contributed by atoms with van der Waals surface area (Å²) in [5, 5.41) is 0. The van der Waals surface area contributed by atoms with Crippen molar-refractivity contribution in [1.29, 1.82) is 0 Å². The molecule has 0 bridgehead atoms. The van der Waals surface area contributed by atoms with Crippen LogP contribution in [0.4, 0.5) is 0 Å². The summed E-state index contributed by atoms with van der Waals surface area (Å²) >= 11 is 0. The Morgan fingerprint density at radius 1 is 0.500 bits per heavy atom. The van der Waals surface area contributed by atoms with Gasteiger partial charge in [-0.3, -0.25) is 0 Å². The minimum Gasteiger partial charge on any atom is -0.208 e. The number of nitrogens with zero attached hydrogens (tertiary/aromatic N) is 3. The lowest BCUT2D eigenvalue weighted by atomic mass is 9.73. The van der Waals surface area contributed by atoms with Gasteiger partial charge in [0.05, 0.1) is 0 Å². The van der Waals surface area contributed by atoms with Crippen LogP contribution in [0.25, 0.3) is 34.2 Å². The van der Waals surface area contributed by atoms with E-state index in [-0.39, 0.29) is 0 Å². The van der Waals surface area contributed by atoms with E-state index < -0.39 is 0 Å². The predicted octanol–water partition coefficient (Wildman–Crippen LogP) is 4.25. The number of benzene rings is 3. The van der Waals surface area contributed by atoms with Gasteiger partial charge in [0.15, 0.2) is 17.5 Å². The van der Waals surface area contributed by atoms with Crippen LogP contribution in [0.2, 0.25) is 6.82 Å². The Bertz CT molecular complexity index is 943. The normalized spacial score (nSPS) is 10.5. The molecule has 4 rings (SSSR count). The smallest absolute Gasteiger partial charge is 0.164 e. The van der Waals surface area contributed by atoms with Gasteiger partial charge in [0, 0.05) is 16.7 Å². The molecule has 4 heteroatoms. The minimum atomic E-state index is 0.681. The molecule has 0 unspecified atom stereocenters. The fraction of sp³-hybridized carbons (Fsp3) is 0.0455. The molecule has 0 amide bonds. The standard InChI is InChI=1S/C22H17BN3/c1-23-19-14-12-18(13-15-19)22-25-20(16-8-4-2-5-9-16)24-21(26-22)17-10-6-3-7-11-17/h2-15H,1H3. The summed E-state index contributed by atoms with van der Waals surface area (Å²) < 4.78 is 0. The molecule has 0 saturated heterocycles. The van der Waals surface area contributed by atoms with Crippen molar-refractivity contribution >= 4 is 12.7 Å². The van der Waals surface area contributed by atoms with Crippen molar-refractivity contribution in [3.63, 3.8) is 0 Å². The number of rotatable bonds is 4. The lowest BCUT2D eigenvalue weighted by Crippen LogP contribution is -2.09. The zero-order valence-electron chi connectivity index (χ0n) is 14.5. The van der Waals surface area contributed by atoms with Crippen LogP contribution in [0.3, 0.4) is 0 Å². The quantitative estimate of drug-likeness (QED) is 0.524. The van der Waals surface area contributed by atoms with Crippen molar-refractivity contribution < 1.29 is 0 Å². The van der Waals surface area contributed by atoms with E-state index in [1.165, 1.54) is 5.46 Å². The first-order valence-electron chi connectivity index (χ1n) is 8.60. The first-order valence-corrected chi connectivity index (χ1v) is 8.60. The molecule has 0 aliphatic heterocycles. The maximum atomic E-state index is 4.72. The third-order valence-electron chi connectivity index (χ3n) is 4.20. The molecular weight excluding hydrogens is 317 g/mol. The lowest BCUT2D eigenvalue weighted by molar-refractivity contribution is 1.07. The molecule has 0 N–H and O–H groups in total. The van der Waals surface area contributed by atoms with Crippen molar-refractivity contribution in [2.45, 2.75) is 6.82 Å². The first-order chi connectivity index (χ1) is 12.8. The highest BCUT2D eigenvalue weighted by Crippen LogP contribution is 2.23. The average molecular weight is 334 g/mol. The van der Waals surface area contributed by atoms with Gasteiger partial charge in [-0.05, 0) is 0 Å². The number of aromatic nitrogens is 3. The van der Waals surface area contributed by atoms with Crippen LogP contribution in [-0.2, 0) is 0 Å². The Balaban J connectivity index is 1.87. The second-order valence-electron chi connectivity index (χ2n) is 5.95. The topological polar surface area (TPSA) is 38.7 Å². The van der Waals surface area contributed by atoms with E-state index in [0.717, 1.165) is 16.7 Å². The molecule has 0 spiro atoms. The highest BCUT2D eigenvalue weighted by Gasteiger charge is 2.11. The largest absolute Gasteiger partial charge is 0.208 e. The number of hydrogen-bond donors (Lipinski definition) is 0. The molecular formula is C22H17BN3. The van der Waals surface area contributed by atoms with Crippen molar-refractivity contribution in [2.24, 2.45) is 0 Å². The van der Waals surface area contributed by atoms with Gasteiger partial charge < -0.3 is 0 Å². The molecule has 0 fully saturated rings. The molecule has 0 saturated carbocycles. The summed E-state index contributed by atoms with van der Waals surface area (Å²) in [6, 6.07) is 28.3. The highest BCUT2D eigenvalue weighted by atomic mass is 15.0. The molecule has 1 heterocycles. The van der Waals surface area contributed by atoms with E-state index in [1.807, 2.05) is 79.6 Å². The number of hydrogen-bond acceptors (Lipinski definition) is 3. The summed E-state index contributed by atoms with van der Waals surface area (Å²) in [4.78, 5) is 14.1. The van der Waals surface area contributed by atoms with Crippen molar-refractivity contribution in [2.75, 3.05) is 0 Å². The van der Waals surface area contributed by atoms with E-state index in [0.29, 0.717) is 17.5 Å². The zero-order chi connectivity index (χ0) is 17.8. The second kappa shape index (κ2) is 7.32. The third-order valence-corrected chi connectivity index (χ3v) is 4.20. The highest BCUT2D eigenvalue weighted by molar-refractivity contribution is 6.51. The SMILES string of the molecule is C[B]c1ccc(-c2nc(-c3ccccc3)nc(-c3ccccc3)n2)cc1.